The normalized spacial score (nSPS) is 11.5. The molecule has 0 radical (unpaired) electrons. The molecule has 0 aliphatic carbocycles. The maximum absolute atomic E-state index is 11.1. The van der Waals surface area contributed by atoms with Crippen LogP contribution >= 0.6 is 0 Å². The molecule has 0 aliphatic rings. The molecular formula is C11H14O2. The van der Waals surface area contributed by atoms with Gasteiger partial charge in [-0.15, -0.1) is 0 Å². The van der Waals surface area contributed by atoms with Crippen molar-refractivity contribution in [3.63, 3.8) is 0 Å². The summed E-state index contributed by atoms with van der Waals surface area (Å²) in [7, 11) is 0. The van der Waals surface area contributed by atoms with E-state index < -0.39 is 0 Å². The summed E-state index contributed by atoms with van der Waals surface area (Å²) in [5.41, 5.74) is 1.13. The molecule has 13 heavy (non-hydrogen) atoms. The van der Waals surface area contributed by atoms with E-state index in [4.69, 9.17) is 0 Å². The third-order valence-electron chi connectivity index (χ3n) is 1.62. The van der Waals surface area contributed by atoms with Crippen molar-refractivity contribution in [3.8, 4) is 0 Å². The number of rotatable bonds is 5. The molecule has 0 N–H and O–H groups in total. The first kappa shape index (κ1) is 11.6. The molecule has 0 unspecified atom stereocenters. The zero-order valence-electron chi connectivity index (χ0n) is 8.09. The van der Waals surface area contributed by atoms with Crippen molar-refractivity contribution in [2.24, 2.45) is 0 Å². The summed E-state index contributed by atoms with van der Waals surface area (Å²) in [6.45, 7) is 10.00. The van der Waals surface area contributed by atoms with Crippen LogP contribution in [-0.2, 0) is 9.59 Å². The van der Waals surface area contributed by atoms with Crippen LogP contribution in [0.1, 0.15) is 20.3 Å². The molecule has 0 aromatic carbocycles. The first-order chi connectivity index (χ1) is 6.02. The summed E-state index contributed by atoms with van der Waals surface area (Å²) in [4.78, 5) is 21.9. The second-order valence-corrected chi connectivity index (χ2v) is 2.78. The van der Waals surface area contributed by atoms with Gasteiger partial charge in [-0.25, -0.2) is 0 Å². The van der Waals surface area contributed by atoms with Gasteiger partial charge in [0.2, 0.25) is 0 Å². The fourth-order valence-electron chi connectivity index (χ4n) is 1.05. The second kappa shape index (κ2) is 5.25. The van der Waals surface area contributed by atoms with Crippen molar-refractivity contribution in [2.45, 2.75) is 20.3 Å². The Morgan fingerprint density at radius 1 is 1.15 bits per heavy atom. The van der Waals surface area contributed by atoms with Gasteiger partial charge in [0.25, 0.3) is 0 Å². The van der Waals surface area contributed by atoms with E-state index in [0.717, 1.165) is 0 Å². The van der Waals surface area contributed by atoms with Gasteiger partial charge in [0.15, 0.2) is 5.78 Å². The first-order valence-corrected chi connectivity index (χ1v) is 4.01. The molecule has 70 valence electrons. The van der Waals surface area contributed by atoms with Gasteiger partial charge in [0, 0.05) is 12.0 Å². The van der Waals surface area contributed by atoms with E-state index in [9.17, 15) is 9.59 Å². The smallest absolute Gasteiger partial charge is 0.160 e. The minimum Gasteiger partial charge on any atom is -0.300 e. The lowest BCUT2D eigenvalue weighted by Gasteiger charge is -2.03. The van der Waals surface area contributed by atoms with Crippen LogP contribution < -0.4 is 0 Å². The van der Waals surface area contributed by atoms with Crippen LogP contribution in [0, 0.1) is 0 Å². The molecule has 0 heterocycles. The van der Waals surface area contributed by atoms with Crippen LogP contribution in [0.15, 0.2) is 36.5 Å². The van der Waals surface area contributed by atoms with Gasteiger partial charge in [-0.05, 0) is 19.4 Å². The van der Waals surface area contributed by atoms with Crippen molar-refractivity contribution >= 4 is 11.6 Å². The van der Waals surface area contributed by atoms with E-state index in [1.807, 2.05) is 0 Å². The van der Waals surface area contributed by atoms with Gasteiger partial charge >= 0.3 is 0 Å². The second-order valence-electron chi connectivity index (χ2n) is 2.78. The van der Waals surface area contributed by atoms with Gasteiger partial charge in [-0.3, -0.25) is 9.59 Å². The Kier molecular flexibility index (Phi) is 4.67. The van der Waals surface area contributed by atoms with Crippen molar-refractivity contribution in [1.82, 2.24) is 0 Å². The molecule has 0 atom stereocenters. The Balaban J connectivity index is 5.04. The van der Waals surface area contributed by atoms with Crippen LogP contribution in [0.25, 0.3) is 0 Å². The number of ketones is 2. The fourth-order valence-corrected chi connectivity index (χ4v) is 1.05. The molecule has 0 spiro atoms. The molecule has 2 nitrogen and oxygen atoms in total. The van der Waals surface area contributed by atoms with Crippen molar-refractivity contribution in [3.05, 3.63) is 36.5 Å². The lowest BCUT2D eigenvalue weighted by atomic mass is 10.0. The van der Waals surface area contributed by atoms with Crippen molar-refractivity contribution < 1.29 is 9.59 Å². The molecule has 0 amide bonds. The van der Waals surface area contributed by atoms with E-state index >= 15 is 0 Å². The Morgan fingerprint density at radius 2 is 1.69 bits per heavy atom. The van der Waals surface area contributed by atoms with Crippen LogP contribution in [0.4, 0.5) is 0 Å². The van der Waals surface area contributed by atoms with E-state index in [2.05, 4.69) is 13.2 Å². The highest BCUT2D eigenvalue weighted by Crippen LogP contribution is 2.12. The topological polar surface area (TPSA) is 34.1 Å². The van der Waals surface area contributed by atoms with Crippen molar-refractivity contribution in [2.75, 3.05) is 0 Å². The summed E-state index contributed by atoms with van der Waals surface area (Å²) in [5.74, 6) is -0.0818. The fraction of sp³-hybridized carbons (Fsp3) is 0.273. The maximum Gasteiger partial charge on any atom is 0.160 e. The molecule has 0 saturated carbocycles. The average molecular weight is 178 g/mol. The van der Waals surface area contributed by atoms with Crippen LogP contribution in [0.3, 0.4) is 0 Å². The number of allylic oxidation sites excluding steroid dienone is 4. The standard InChI is InChI=1S/C11H14O2/c1-5-10(7-8(3)12)11(6-2)9(4)13/h5-6H,1-2,7H2,3-4H3/b11-10-. The van der Waals surface area contributed by atoms with E-state index in [1.165, 1.54) is 26.0 Å². The van der Waals surface area contributed by atoms with E-state index in [0.29, 0.717) is 11.1 Å². The van der Waals surface area contributed by atoms with Crippen LogP contribution in [-0.4, -0.2) is 11.6 Å². The van der Waals surface area contributed by atoms with Gasteiger partial charge in [0.05, 0.1) is 0 Å². The third kappa shape index (κ3) is 3.65. The summed E-state index contributed by atoms with van der Waals surface area (Å²) < 4.78 is 0. The summed E-state index contributed by atoms with van der Waals surface area (Å²) in [5, 5.41) is 0. The predicted molar refractivity (Wildman–Crippen MR) is 53.4 cm³/mol. The third-order valence-corrected chi connectivity index (χ3v) is 1.62. The molecule has 0 aliphatic heterocycles. The highest BCUT2D eigenvalue weighted by Gasteiger charge is 2.07. The number of hydrogen-bond donors (Lipinski definition) is 0. The molecular weight excluding hydrogens is 164 g/mol. The van der Waals surface area contributed by atoms with Crippen molar-refractivity contribution in [1.29, 1.82) is 0 Å². The van der Waals surface area contributed by atoms with Gasteiger partial charge < -0.3 is 0 Å². The highest BCUT2D eigenvalue weighted by molar-refractivity contribution is 5.98. The number of Topliss-reactive ketones (excluding diaryl/α,β-unsaturated/α-hetero) is 2. The Hall–Kier alpha value is -1.44. The summed E-state index contributed by atoms with van der Waals surface area (Å²) in [6.07, 6.45) is 3.23. The SMILES string of the molecule is C=C/C(CC(C)=O)=C(\C=C)C(C)=O. The van der Waals surface area contributed by atoms with Crippen LogP contribution in [0.5, 0.6) is 0 Å². The highest BCUT2D eigenvalue weighted by atomic mass is 16.1. The number of hydrogen-bond acceptors (Lipinski definition) is 2. The minimum absolute atomic E-state index is 0.00972. The molecule has 0 aromatic heterocycles. The van der Waals surface area contributed by atoms with Gasteiger partial charge in [-0.2, -0.15) is 0 Å². The summed E-state index contributed by atoms with van der Waals surface area (Å²) in [6, 6.07) is 0. The number of carbonyl (C=O) groups is 2. The Bertz CT molecular complexity index is 282. The monoisotopic (exact) mass is 178 g/mol. The molecule has 0 bridgehead atoms. The average Bonchev–Trinajstić information content (AvgIpc) is 2.02. The lowest BCUT2D eigenvalue weighted by molar-refractivity contribution is -0.116. The molecule has 0 aromatic rings. The quantitative estimate of drug-likeness (QED) is 0.478. The zero-order valence-corrected chi connectivity index (χ0v) is 8.09. The molecule has 2 heteroatoms. The first-order valence-electron chi connectivity index (χ1n) is 4.01. The molecule has 0 saturated heterocycles. The Labute approximate surface area is 78.6 Å². The largest absolute Gasteiger partial charge is 0.300 e. The molecule has 0 rings (SSSR count). The number of carbonyl (C=O) groups excluding carboxylic acids is 2. The minimum atomic E-state index is -0.0915. The molecule has 0 fully saturated rings. The Morgan fingerprint density at radius 3 is 1.92 bits per heavy atom. The maximum atomic E-state index is 11.1. The predicted octanol–water partition coefficient (Wildman–Crippen LogP) is 2.22. The van der Waals surface area contributed by atoms with Gasteiger partial charge in [-0.1, -0.05) is 25.3 Å². The van der Waals surface area contributed by atoms with Gasteiger partial charge in [0.1, 0.15) is 5.78 Å². The zero-order chi connectivity index (χ0) is 10.4. The van der Waals surface area contributed by atoms with E-state index in [-0.39, 0.29) is 18.0 Å². The van der Waals surface area contributed by atoms with E-state index in [1.54, 1.807) is 0 Å². The van der Waals surface area contributed by atoms with Crippen LogP contribution in [0.2, 0.25) is 0 Å². The lowest BCUT2D eigenvalue weighted by Crippen LogP contribution is -2.01. The summed E-state index contributed by atoms with van der Waals surface area (Å²) >= 11 is 0.